The molecule has 0 bridgehead atoms. The molecule has 0 atom stereocenters. The Kier molecular flexibility index (Phi) is 4.96. The van der Waals surface area contributed by atoms with Crippen LogP contribution in [0.25, 0.3) is 11.3 Å². The van der Waals surface area contributed by atoms with Crippen LogP contribution in [0.1, 0.15) is 28.2 Å². The number of nitrogens with zero attached hydrogens (tertiary/aromatic N) is 3. The second kappa shape index (κ2) is 7.44. The average molecular weight is 400 g/mol. The molecule has 2 aromatic heterocycles. The number of halogens is 3. The Morgan fingerprint density at radius 1 is 1.17 bits per heavy atom. The van der Waals surface area contributed by atoms with Crippen LogP contribution in [0.15, 0.2) is 47.4 Å². The molecule has 8 heteroatoms. The van der Waals surface area contributed by atoms with Gasteiger partial charge in [0.25, 0.3) is 5.56 Å². The smallest absolute Gasteiger partial charge is 0.310 e. The van der Waals surface area contributed by atoms with Crippen molar-refractivity contribution >= 4 is 0 Å². The Labute approximate surface area is 165 Å². The lowest BCUT2D eigenvalue weighted by Crippen LogP contribution is -2.35. The summed E-state index contributed by atoms with van der Waals surface area (Å²) in [6.07, 6.45) is -2.15. The molecular formula is C21H19F3N4O. The monoisotopic (exact) mass is 400 g/mol. The quantitative estimate of drug-likeness (QED) is 0.728. The number of nitrogens with one attached hydrogen (secondary N) is 1. The molecular weight excluding hydrogens is 381 g/mol. The van der Waals surface area contributed by atoms with E-state index in [2.05, 4.69) is 19.9 Å². The van der Waals surface area contributed by atoms with Gasteiger partial charge in [-0.1, -0.05) is 24.3 Å². The lowest BCUT2D eigenvalue weighted by atomic mass is 10.0. The van der Waals surface area contributed by atoms with Gasteiger partial charge in [-0.05, 0) is 24.6 Å². The zero-order chi connectivity index (χ0) is 20.6. The molecule has 1 aliphatic heterocycles. The first-order valence-electron chi connectivity index (χ1n) is 9.24. The van der Waals surface area contributed by atoms with Crippen molar-refractivity contribution in [1.29, 1.82) is 0 Å². The number of alkyl halides is 3. The number of pyridine rings is 1. The maximum Gasteiger partial charge on any atom is 0.417 e. The summed E-state index contributed by atoms with van der Waals surface area (Å²) in [6, 6.07) is 8.81. The van der Waals surface area contributed by atoms with Crippen LogP contribution < -0.4 is 5.56 Å². The fourth-order valence-electron chi connectivity index (χ4n) is 3.63. The van der Waals surface area contributed by atoms with Crippen LogP contribution in [-0.2, 0) is 25.7 Å². The van der Waals surface area contributed by atoms with Crippen molar-refractivity contribution in [3.8, 4) is 11.3 Å². The minimum atomic E-state index is -4.43. The van der Waals surface area contributed by atoms with E-state index in [0.29, 0.717) is 30.9 Å². The fourth-order valence-corrected chi connectivity index (χ4v) is 3.63. The molecule has 4 rings (SSSR count). The molecule has 150 valence electrons. The molecule has 0 radical (unpaired) electrons. The molecule has 0 spiro atoms. The van der Waals surface area contributed by atoms with E-state index in [1.807, 2.05) is 0 Å². The lowest BCUT2D eigenvalue weighted by Gasteiger charge is -2.27. The summed E-state index contributed by atoms with van der Waals surface area (Å²) in [5.41, 5.74) is 1.90. The number of rotatable bonds is 3. The van der Waals surface area contributed by atoms with Gasteiger partial charge in [-0.25, -0.2) is 4.98 Å². The van der Waals surface area contributed by atoms with E-state index in [1.54, 1.807) is 31.3 Å². The van der Waals surface area contributed by atoms with Crippen molar-refractivity contribution < 1.29 is 13.2 Å². The number of aromatic amines is 1. The first kappa shape index (κ1) is 19.3. The molecule has 1 aromatic carbocycles. The third kappa shape index (κ3) is 4.07. The van der Waals surface area contributed by atoms with Crippen LogP contribution in [0.3, 0.4) is 0 Å². The van der Waals surface area contributed by atoms with Gasteiger partial charge >= 0.3 is 6.18 Å². The summed E-state index contributed by atoms with van der Waals surface area (Å²) in [7, 11) is 0. The van der Waals surface area contributed by atoms with Gasteiger partial charge in [0.2, 0.25) is 0 Å². The third-order valence-electron chi connectivity index (χ3n) is 5.01. The second-order valence-electron chi connectivity index (χ2n) is 7.13. The van der Waals surface area contributed by atoms with Gasteiger partial charge in [0.15, 0.2) is 0 Å². The van der Waals surface area contributed by atoms with Crippen molar-refractivity contribution in [3.63, 3.8) is 0 Å². The van der Waals surface area contributed by atoms with Crippen LogP contribution in [0.4, 0.5) is 13.2 Å². The van der Waals surface area contributed by atoms with E-state index in [9.17, 15) is 18.0 Å². The van der Waals surface area contributed by atoms with Crippen molar-refractivity contribution in [1.82, 2.24) is 19.9 Å². The maximum absolute atomic E-state index is 13.2. The van der Waals surface area contributed by atoms with Crippen molar-refractivity contribution in [2.45, 2.75) is 32.6 Å². The van der Waals surface area contributed by atoms with Gasteiger partial charge < -0.3 is 4.98 Å². The number of hydrogen-bond acceptors (Lipinski definition) is 4. The molecule has 3 heterocycles. The molecule has 29 heavy (non-hydrogen) atoms. The summed E-state index contributed by atoms with van der Waals surface area (Å²) in [4.78, 5) is 25.7. The summed E-state index contributed by atoms with van der Waals surface area (Å²) >= 11 is 0. The lowest BCUT2D eigenvalue weighted by molar-refractivity contribution is -0.137. The van der Waals surface area contributed by atoms with Gasteiger partial charge in [0.05, 0.1) is 22.5 Å². The Morgan fingerprint density at radius 2 is 1.97 bits per heavy atom. The SMILES string of the molecule is Cc1nc2c(c(=O)[nH]1)CN(Cc1ccc(-c3ccccc3C(F)(F)F)nc1)CC2. The van der Waals surface area contributed by atoms with Gasteiger partial charge in [-0.15, -0.1) is 0 Å². The average Bonchev–Trinajstić information content (AvgIpc) is 2.68. The molecule has 3 aromatic rings. The van der Waals surface area contributed by atoms with Crippen LogP contribution in [-0.4, -0.2) is 26.4 Å². The zero-order valence-electron chi connectivity index (χ0n) is 15.8. The predicted molar refractivity (Wildman–Crippen MR) is 102 cm³/mol. The number of aryl methyl sites for hydroxylation is 1. The molecule has 0 unspecified atom stereocenters. The van der Waals surface area contributed by atoms with Gasteiger partial charge in [0.1, 0.15) is 5.82 Å². The van der Waals surface area contributed by atoms with Crippen molar-refractivity contribution in [2.75, 3.05) is 6.54 Å². The number of benzene rings is 1. The predicted octanol–water partition coefficient (Wildman–Crippen LogP) is 3.72. The summed E-state index contributed by atoms with van der Waals surface area (Å²) < 4.78 is 39.7. The number of hydrogen-bond donors (Lipinski definition) is 1. The van der Waals surface area contributed by atoms with Gasteiger partial charge in [-0.3, -0.25) is 14.7 Å². The Bertz CT molecular complexity index is 1090. The number of H-pyrrole nitrogens is 1. The second-order valence-corrected chi connectivity index (χ2v) is 7.13. The highest BCUT2D eigenvalue weighted by Gasteiger charge is 2.33. The molecule has 0 aliphatic carbocycles. The largest absolute Gasteiger partial charge is 0.417 e. The van der Waals surface area contributed by atoms with E-state index in [1.165, 1.54) is 12.1 Å². The number of aromatic nitrogens is 3. The van der Waals surface area contributed by atoms with E-state index < -0.39 is 11.7 Å². The Morgan fingerprint density at radius 3 is 2.69 bits per heavy atom. The van der Waals surface area contributed by atoms with Crippen LogP contribution >= 0.6 is 0 Å². The molecule has 0 saturated carbocycles. The van der Waals surface area contributed by atoms with E-state index >= 15 is 0 Å². The highest BCUT2D eigenvalue weighted by molar-refractivity contribution is 5.64. The summed E-state index contributed by atoms with van der Waals surface area (Å²) in [6.45, 7) is 3.55. The molecule has 1 N–H and O–H groups in total. The minimum absolute atomic E-state index is 0.0615. The van der Waals surface area contributed by atoms with E-state index in [-0.39, 0.29) is 16.8 Å². The number of fused-ring (bicyclic) bond motifs is 1. The van der Waals surface area contributed by atoms with Gasteiger partial charge in [-0.2, -0.15) is 13.2 Å². The first-order chi connectivity index (χ1) is 13.8. The van der Waals surface area contributed by atoms with Gasteiger partial charge in [0, 0.05) is 37.8 Å². The van der Waals surface area contributed by atoms with Crippen LogP contribution in [0.5, 0.6) is 0 Å². The Hall–Kier alpha value is -3.00. The normalized spacial score (nSPS) is 14.6. The summed E-state index contributed by atoms with van der Waals surface area (Å²) in [5.74, 6) is 0.612. The van der Waals surface area contributed by atoms with E-state index in [0.717, 1.165) is 23.9 Å². The molecule has 0 saturated heterocycles. The topological polar surface area (TPSA) is 61.9 Å². The maximum atomic E-state index is 13.2. The molecule has 0 amide bonds. The Balaban J connectivity index is 1.52. The molecule has 0 fully saturated rings. The van der Waals surface area contributed by atoms with Crippen LogP contribution in [0, 0.1) is 6.92 Å². The summed E-state index contributed by atoms with van der Waals surface area (Å²) in [5, 5.41) is 0. The van der Waals surface area contributed by atoms with Crippen LogP contribution in [0.2, 0.25) is 0 Å². The minimum Gasteiger partial charge on any atom is -0.310 e. The van der Waals surface area contributed by atoms with E-state index in [4.69, 9.17) is 0 Å². The third-order valence-corrected chi connectivity index (χ3v) is 5.01. The standard InChI is InChI=1S/C21H19F3N4O/c1-13-26-19-8-9-28(12-16(19)20(29)27-13)11-14-6-7-18(25-10-14)15-4-2-3-5-17(15)21(22,23)24/h2-7,10H,8-9,11-12H2,1H3,(H,26,27,29). The zero-order valence-corrected chi connectivity index (χ0v) is 15.8. The fraction of sp³-hybridized carbons (Fsp3) is 0.286. The molecule has 1 aliphatic rings. The highest BCUT2D eigenvalue weighted by Crippen LogP contribution is 2.36. The van der Waals surface area contributed by atoms with Crippen molar-refractivity contribution in [2.24, 2.45) is 0 Å². The van der Waals surface area contributed by atoms with Crippen molar-refractivity contribution in [3.05, 3.63) is 81.2 Å². The first-order valence-corrected chi connectivity index (χ1v) is 9.24. The highest BCUT2D eigenvalue weighted by atomic mass is 19.4. The molecule has 5 nitrogen and oxygen atoms in total.